The molecule has 0 aromatic carbocycles. The molecule has 0 saturated heterocycles. The SMILES string of the molecule is CC(C)C(CO)C(=O)N(C)C1CCCCC1. The summed E-state index contributed by atoms with van der Waals surface area (Å²) < 4.78 is 0. The molecule has 0 spiro atoms. The van der Waals surface area contributed by atoms with Crippen LogP contribution in [0.2, 0.25) is 0 Å². The van der Waals surface area contributed by atoms with Crippen molar-refractivity contribution in [3.8, 4) is 0 Å². The third-order valence-corrected chi connectivity index (χ3v) is 3.79. The first-order chi connectivity index (χ1) is 7.57. The van der Waals surface area contributed by atoms with Crippen LogP contribution in [0.15, 0.2) is 0 Å². The van der Waals surface area contributed by atoms with Crippen LogP contribution in [0.1, 0.15) is 46.0 Å². The van der Waals surface area contributed by atoms with Gasteiger partial charge in [-0.25, -0.2) is 0 Å². The molecule has 1 rings (SSSR count). The Morgan fingerprint density at radius 2 is 1.88 bits per heavy atom. The van der Waals surface area contributed by atoms with Crippen molar-refractivity contribution < 1.29 is 9.90 Å². The molecule has 0 bridgehead atoms. The van der Waals surface area contributed by atoms with Gasteiger partial charge in [-0.05, 0) is 18.8 Å². The summed E-state index contributed by atoms with van der Waals surface area (Å²) in [6, 6.07) is 0.397. The van der Waals surface area contributed by atoms with Crippen molar-refractivity contribution in [1.82, 2.24) is 4.90 Å². The maximum Gasteiger partial charge on any atom is 0.228 e. The minimum absolute atomic E-state index is 0.0342. The van der Waals surface area contributed by atoms with Crippen molar-refractivity contribution in [2.45, 2.75) is 52.0 Å². The lowest BCUT2D eigenvalue weighted by Gasteiger charge is -2.34. The number of aliphatic hydroxyl groups excluding tert-OH is 1. The molecule has 94 valence electrons. The standard InChI is InChI=1S/C13H25NO2/c1-10(2)12(9-15)13(16)14(3)11-7-5-4-6-8-11/h10-12,15H,4-9H2,1-3H3. The number of hydrogen-bond donors (Lipinski definition) is 1. The van der Waals surface area contributed by atoms with E-state index < -0.39 is 0 Å². The van der Waals surface area contributed by atoms with Crippen LogP contribution in [0.4, 0.5) is 0 Å². The lowest BCUT2D eigenvalue weighted by Crippen LogP contribution is -2.44. The molecular weight excluding hydrogens is 202 g/mol. The van der Waals surface area contributed by atoms with Gasteiger partial charge in [-0.2, -0.15) is 0 Å². The first kappa shape index (κ1) is 13.5. The predicted octanol–water partition coefficient (Wildman–Crippen LogP) is 2.04. The van der Waals surface area contributed by atoms with E-state index in [9.17, 15) is 9.90 Å². The molecule has 0 aromatic rings. The van der Waals surface area contributed by atoms with Crippen LogP contribution in [-0.2, 0) is 4.79 Å². The van der Waals surface area contributed by atoms with Crippen LogP contribution in [0.3, 0.4) is 0 Å². The van der Waals surface area contributed by atoms with Crippen molar-refractivity contribution in [2.75, 3.05) is 13.7 Å². The zero-order valence-electron chi connectivity index (χ0n) is 10.8. The van der Waals surface area contributed by atoms with Gasteiger partial charge in [0.15, 0.2) is 0 Å². The van der Waals surface area contributed by atoms with Gasteiger partial charge in [0.1, 0.15) is 0 Å². The minimum atomic E-state index is -0.230. The van der Waals surface area contributed by atoms with E-state index in [0.717, 1.165) is 12.8 Å². The van der Waals surface area contributed by atoms with Crippen LogP contribution < -0.4 is 0 Å². The largest absolute Gasteiger partial charge is 0.396 e. The van der Waals surface area contributed by atoms with Gasteiger partial charge in [0, 0.05) is 13.1 Å². The first-order valence-corrected chi connectivity index (χ1v) is 6.45. The van der Waals surface area contributed by atoms with Crippen LogP contribution in [0.25, 0.3) is 0 Å². The lowest BCUT2D eigenvalue weighted by molar-refractivity contribution is -0.139. The first-order valence-electron chi connectivity index (χ1n) is 6.45. The number of rotatable bonds is 4. The molecule has 1 fully saturated rings. The zero-order valence-corrected chi connectivity index (χ0v) is 10.8. The molecule has 1 aliphatic carbocycles. The predicted molar refractivity (Wildman–Crippen MR) is 65.1 cm³/mol. The monoisotopic (exact) mass is 227 g/mol. The van der Waals surface area contributed by atoms with Gasteiger partial charge in [0.05, 0.1) is 12.5 Å². The molecule has 1 unspecified atom stereocenters. The van der Waals surface area contributed by atoms with Gasteiger partial charge < -0.3 is 10.0 Å². The highest BCUT2D eigenvalue weighted by Gasteiger charge is 2.29. The number of carbonyl (C=O) groups excluding carboxylic acids is 1. The molecule has 1 amide bonds. The molecule has 1 aliphatic rings. The summed E-state index contributed by atoms with van der Waals surface area (Å²) in [5.41, 5.74) is 0. The summed E-state index contributed by atoms with van der Waals surface area (Å²) in [5.74, 6) is 0.0971. The van der Waals surface area contributed by atoms with E-state index in [1.54, 1.807) is 0 Å². The molecule has 1 N–H and O–H groups in total. The fourth-order valence-corrected chi connectivity index (χ4v) is 2.48. The van der Waals surface area contributed by atoms with Gasteiger partial charge in [-0.3, -0.25) is 4.79 Å². The van der Waals surface area contributed by atoms with Crippen molar-refractivity contribution in [3.63, 3.8) is 0 Å². The average Bonchev–Trinajstić information content (AvgIpc) is 2.29. The highest BCUT2D eigenvalue weighted by molar-refractivity contribution is 5.79. The van der Waals surface area contributed by atoms with E-state index in [4.69, 9.17) is 0 Å². The minimum Gasteiger partial charge on any atom is -0.396 e. The maximum absolute atomic E-state index is 12.2. The molecule has 16 heavy (non-hydrogen) atoms. The summed E-state index contributed by atoms with van der Waals surface area (Å²) >= 11 is 0. The quantitative estimate of drug-likeness (QED) is 0.798. The Bertz CT molecular complexity index is 222. The molecular formula is C13H25NO2. The Hall–Kier alpha value is -0.570. The summed E-state index contributed by atoms with van der Waals surface area (Å²) in [6.07, 6.45) is 6.00. The third-order valence-electron chi connectivity index (χ3n) is 3.79. The maximum atomic E-state index is 12.2. The smallest absolute Gasteiger partial charge is 0.228 e. The lowest BCUT2D eigenvalue weighted by atomic mass is 9.91. The second-order valence-electron chi connectivity index (χ2n) is 5.27. The van der Waals surface area contributed by atoms with Gasteiger partial charge in [-0.15, -0.1) is 0 Å². The Labute approximate surface area is 98.8 Å². The number of aliphatic hydroxyl groups is 1. The molecule has 1 atom stereocenters. The molecule has 1 saturated carbocycles. The molecule has 3 nitrogen and oxygen atoms in total. The molecule has 3 heteroatoms. The highest BCUT2D eigenvalue weighted by atomic mass is 16.3. The summed E-state index contributed by atoms with van der Waals surface area (Å²) in [7, 11) is 1.89. The second-order valence-corrected chi connectivity index (χ2v) is 5.27. The fraction of sp³-hybridized carbons (Fsp3) is 0.923. The Morgan fingerprint density at radius 1 is 1.31 bits per heavy atom. The number of nitrogens with zero attached hydrogens (tertiary/aromatic N) is 1. The second kappa shape index (κ2) is 6.24. The number of amides is 1. The molecule has 0 aromatic heterocycles. The van der Waals surface area contributed by atoms with Crippen molar-refractivity contribution in [1.29, 1.82) is 0 Å². The van der Waals surface area contributed by atoms with E-state index in [1.807, 2.05) is 25.8 Å². The van der Waals surface area contributed by atoms with Gasteiger partial charge in [0.25, 0.3) is 0 Å². The zero-order chi connectivity index (χ0) is 12.1. The van der Waals surface area contributed by atoms with Gasteiger partial charge >= 0.3 is 0 Å². The Balaban J connectivity index is 2.57. The van der Waals surface area contributed by atoms with Gasteiger partial charge in [-0.1, -0.05) is 33.1 Å². The molecule has 0 radical (unpaired) electrons. The third kappa shape index (κ3) is 3.21. The van der Waals surface area contributed by atoms with E-state index in [-0.39, 0.29) is 24.3 Å². The Kier molecular flexibility index (Phi) is 5.26. The normalized spacial score (nSPS) is 19.8. The highest BCUT2D eigenvalue weighted by Crippen LogP contribution is 2.24. The van der Waals surface area contributed by atoms with Crippen LogP contribution in [0, 0.1) is 11.8 Å². The molecule has 0 heterocycles. The fourth-order valence-electron chi connectivity index (χ4n) is 2.48. The van der Waals surface area contributed by atoms with Crippen LogP contribution >= 0.6 is 0 Å². The van der Waals surface area contributed by atoms with Crippen molar-refractivity contribution in [3.05, 3.63) is 0 Å². The van der Waals surface area contributed by atoms with Crippen LogP contribution in [-0.4, -0.2) is 35.6 Å². The van der Waals surface area contributed by atoms with E-state index >= 15 is 0 Å². The number of hydrogen-bond acceptors (Lipinski definition) is 2. The summed E-state index contributed by atoms with van der Waals surface area (Å²) in [6.45, 7) is 3.95. The average molecular weight is 227 g/mol. The topological polar surface area (TPSA) is 40.5 Å². The van der Waals surface area contributed by atoms with E-state index in [0.29, 0.717) is 6.04 Å². The summed E-state index contributed by atoms with van der Waals surface area (Å²) in [5, 5.41) is 9.27. The van der Waals surface area contributed by atoms with Crippen LogP contribution in [0.5, 0.6) is 0 Å². The number of carbonyl (C=O) groups is 1. The summed E-state index contributed by atoms with van der Waals surface area (Å²) in [4.78, 5) is 14.1. The van der Waals surface area contributed by atoms with Gasteiger partial charge in [0.2, 0.25) is 5.91 Å². The van der Waals surface area contributed by atoms with Crippen molar-refractivity contribution in [2.24, 2.45) is 11.8 Å². The van der Waals surface area contributed by atoms with E-state index in [2.05, 4.69) is 0 Å². The molecule has 0 aliphatic heterocycles. The van der Waals surface area contributed by atoms with Crippen molar-refractivity contribution >= 4 is 5.91 Å². The van der Waals surface area contributed by atoms with E-state index in [1.165, 1.54) is 19.3 Å². The Morgan fingerprint density at radius 3 is 2.31 bits per heavy atom.